The first-order valence-corrected chi connectivity index (χ1v) is 23.5. The molecule has 0 radical (unpaired) electrons. The summed E-state index contributed by atoms with van der Waals surface area (Å²) in [7, 11) is 1.97. The Morgan fingerprint density at radius 3 is 0.978 bits per heavy atom. The van der Waals surface area contributed by atoms with Crippen LogP contribution in [0.5, 0.6) is 0 Å². The predicted molar refractivity (Wildman–Crippen MR) is 190 cm³/mol. The minimum atomic E-state index is -2.17. The largest absolute Gasteiger partial charge is 0.496 e. The van der Waals surface area contributed by atoms with Crippen molar-refractivity contribution in [1.29, 1.82) is 0 Å². The molecule has 4 aliphatic rings. The van der Waals surface area contributed by atoms with Crippen LogP contribution in [0.1, 0.15) is 108 Å². The van der Waals surface area contributed by atoms with Gasteiger partial charge in [0.15, 0.2) is 0 Å². The van der Waals surface area contributed by atoms with Gasteiger partial charge in [-0.05, 0) is 115 Å². The summed E-state index contributed by atoms with van der Waals surface area (Å²) in [5.74, 6) is 2.95. The maximum atomic E-state index is 12.1. The van der Waals surface area contributed by atoms with Crippen molar-refractivity contribution in [2.24, 2.45) is 46.3 Å². The van der Waals surface area contributed by atoms with Crippen LogP contribution in [0.15, 0.2) is 0 Å². The molecule has 4 rings (SSSR count). The highest BCUT2D eigenvalue weighted by Gasteiger charge is 2.57. The molecule has 4 aliphatic carbocycles. The van der Waals surface area contributed by atoms with E-state index in [1.165, 1.54) is 25.7 Å². The van der Waals surface area contributed by atoms with Gasteiger partial charge in [0.05, 0.1) is 11.8 Å². The van der Waals surface area contributed by atoms with Gasteiger partial charge in [-0.3, -0.25) is 9.59 Å². The maximum absolute atomic E-state index is 12.1. The zero-order valence-corrected chi connectivity index (χ0v) is 34.6. The Labute approximate surface area is 280 Å². The van der Waals surface area contributed by atoms with Gasteiger partial charge in [-0.15, -0.1) is 0 Å². The predicted octanol–water partition coefficient (Wildman–Crippen LogP) is 9.25. The van der Waals surface area contributed by atoms with E-state index < -0.39 is 16.9 Å². The highest BCUT2D eigenvalue weighted by atomic mass is 28.4. The van der Waals surface area contributed by atoms with E-state index in [0.29, 0.717) is 22.7 Å². The number of fused-ring (bicyclic) bond motifs is 4. The molecule has 0 aromatic carbocycles. The van der Waals surface area contributed by atoms with E-state index in [1.807, 2.05) is 48.1 Å². The van der Waals surface area contributed by atoms with Crippen LogP contribution >= 0.6 is 0 Å². The topological polar surface area (TPSA) is 80.3 Å². The first kappa shape index (κ1) is 42.3. The Morgan fingerprint density at radius 2 is 0.844 bits per heavy atom. The molecule has 4 bridgehead atoms. The highest BCUT2D eigenvalue weighted by molar-refractivity contribution is 6.74. The molecular weight excluding hydrogens is 601 g/mol. The lowest BCUT2D eigenvalue weighted by atomic mass is 9.80. The van der Waals surface area contributed by atoms with Crippen LogP contribution in [-0.2, 0) is 32.3 Å². The molecule has 0 aromatic heterocycles. The lowest BCUT2D eigenvalue weighted by molar-refractivity contribution is -0.163. The second kappa shape index (κ2) is 15.6. The smallest absolute Gasteiger partial charge is 0.460 e. The number of esters is 2. The van der Waals surface area contributed by atoms with Gasteiger partial charge in [-0.1, -0.05) is 53.9 Å². The Bertz CT molecular complexity index is 878. The second-order valence-corrected chi connectivity index (χ2v) is 27.6. The zero-order chi connectivity index (χ0) is 35.4. The first-order chi connectivity index (χ1) is 20.1. The second-order valence-electron chi connectivity index (χ2n) is 18.6. The third-order valence-corrected chi connectivity index (χ3v) is 12.5. The van der Waals surface area contributed by atoms with Gasteiger partial charge in [0.1, 0.15) is 11.2 Å². The summed E-state index contributed by atoms with van der Waals surface area (Å²) in [6.45, 7) is 32.1. The van der Waals surface area contributed by atoms with Crippen molar-refractivity contribution >= 4 is 28.8 Å². The van der Waals surface area contributed by atoms with Crippen LogP contribution < -0.4 is 0 Å². The standard InChI is InChI=1S/2C14H24O2.C4H12O3Si.C4H12Si/c2*1-13(2,3)16-12(15)10-8-9-6-7-11(10)14(9,4)5;1-5-8(4,6-2)7-3;1-5(2,3)4/h2*9-11H,6-8H2,1-5H3;1-4H3;1-4H3. The quantitative estimate of drug-likeness (QED) is 0.213. The molecule has 7 nitrogen and oxygen atoms in total. The Kier molecular flexibility index (Phi) is 14.7. The van der Waals surface area contributed by atoms with E-state index in [4.69, 9.17) is 22.8 Å². The molecule has 0 aromatic rings. The van der Waals surface area contributed by atoms with Gasteiger partial charge in [0.25, 0.3) is 0 Å². The van der Waals surface area contributed by atoms with Gasteiger partial charge in [0, 0.05) is 36.0 Å². The fraction of sp³-hybridized carbons (Fsp3) is 0.944. The molecule has 266 valence electrons. The van der Waals surface area contributed by atoms with Crippen molar-refractivity contribution in [3.8, 4) is 0 Å². The molecule has 9 heteroatoms. The summed E-state index contributed by atoms with van der Waals surface area (Å²) in [5.41, 5.74) is 0.00919. The van der Waals surface area contributed by atoms with E-state index in [-0.39, 0.29) is 35.0 Å². The lowest BCUT2D eigenvalue weighted by Crippen LogP contribution is -2.38. The Balaban J connectivity index is 0.000000329. The van der Waals surface area contributed by atoms with Gasteiger partial charge in [0.2, 0.25) is 0 Å². The van der Waals surface area contributed by atoms with Crippen LogP contribution in [0, 0.1) is 46.3 Å². The van der Waals surface area contributed by atoms with Gasteiger partial charge in [-0.2, -0.15) is 0 Å². The normalized spacial score (nSPS) is 29.4. The maximum Gasteiger partial charge on any atom is 0.496 e. The third-order valence-electron chi connectivity index (χ3n) is 10.2. The van der Waals surface area contributed by atoms with Crippen molar-refractivity contribution in [1.82, 2.24) is 0 Å². The van der Waals surface area contributed by atoms with Crippen molar-refractivity contribution in [3.05, 3.63) is 0 Å². The summed E-state index contributed by atoms with van der Waals surface area (Å²) < 4.78 is 25.8. The SMILES string of the molecule is CC(C)(C)OC(=O)C1CC2CCC1C2(C)C.CC(C)(C)OC(=O)C1CC2CCC1C2(C)C.CO[Si](C)(OC)OC.C[Si](C)(C)C. The Morgan fingerprint density at radius 1 is 0.578 bits per heavy atom. The number of carbonyl (C=O) groups excluding carboxylic acids is 2. The lowest BCUT2D eigenvalue weighted by Gasteiger charge is -2.28. The Hall–Kier alpha value is -0.746. The molecule has 0 amide bonds. The monoisotopic (exact) mass is 672 g/mol. The number of carbonyl (C=O) groups is 2. The number of ether oxygens (including phenoxy) is 2. The average molecular weight is 673 g/mol. The molecule has 6 unspecified atom stereocenters. The van der Waals surface area contributed by atoms with Crippen molar-refractivity contribution in [2.75, 3.05) is 21.3 Å². The van der Waals surface area contributed by atoms with E-state index >= 15 is 0 Å². The summed E-state index contributed by atoms with van der Waals surface area (Å²) in [5, 5.41) is 0. The average Bonchev–Trinajstić information content (AvgIpc) is 3.52. The number of rotatable bonds is 5. The number of hydrogen-bond donors (Lipinski definition) is 0. The molecule has 4 saturated carbocycles. The van der Waals surface area contributed by atoms with Crippen LogP contribution in [0.25, 0.3) is 0 Å². The molecule has 4 fully saturated rings. The summed E-state index contributed by atoms with van der Waals surface area (Å²) >= 11 is 0. The fourth-order valence-corrected chi connectivity index (χ4v) is 8.11. The van der Waals surface area contributed by atoms with E-state index in [0.717, 1.165) is 24.7 Å². The van der Waals surface area contributed by atoms with Crippen LogP contribution in [0.2, 0.25) is 32.7 Å². The van der Waals surface area contributed by atoms with Crippen molar-refractivity contribution in [3.63, 3.8) is 0 Å². The molecule has 0 saturated heterocycles. The number of hydrogen-bond acceptors (Lipinski definition) is 7. The van der Waals surface area contributed by atoms with Gasteiger partial charge in [-0.25, -0.2) is 0 Å². The zero-order valence-electron chi connectivity index (χ0n) is 32.6. The minimum absolute atomic E-state index is 0.0350. The van der Waals surface area contributed by atoms with E-state index in [1.54, 1.807) is 21.3 Å². The van der Waals surface area contributed by atoms with E-state index in [9.17, 15) is 9.59 Å². The third kappa shape index (κ3) is 12.7. The molecular formula is C36H72O7Si2. The highest BCUT2D eigenvalue weighted by Crippen LogP contribution is 2.61. The molecule has 0 spiro atoms. The van der Waals surface area contributed by atoms with Crippen LogP contribution in [-0.4, -0.2) is 61.3 Å². The van der Waals surface area contributed by atoms with Crippen LogP contribution in [0.4, 0.5) is 0 Å². The molecule has 0 heterocycles. The summed E-state index contributed by atoms with van der Waals surface area (Å²) in [6.07, 6.45) is 7.12. The molecule has 45 heavy (non-hydrogen) atoms. The van der Waals surface area contributed by atoms with Gasteiger partial charge >= 0.3 is 20.7 Å². The van der Waals surface area contributed by atoms with Crippen molar-refractivity contribution in [2.45, 2.75) is 152 Å². The van der Waals surface area contributed by atoms with Gasteiger partial charge < -0.3 is 22.8 Å². The summed E-state index contributed by atoms with van der Waals surface area (Å²) in [4.78, 5) is 24.2. The fourth-order valence-electron chi connectivity index (χ4n) is 7.61. The molecule has 0 N–H and O–H groups in total. The molecule has 0 aliphatic heterocycles. The van der Waals surface area contributed by atoms with E-state index in [2.05, 4.69) is 53.9 Å². The molecule has 6 atom stereocenters. The summed E-state index contributed by atoms with van der Waals surface area (Å²) in [6, 6.07) is 0. The van der Waals surface area contributed by atoms with Crippen molar-refractivity contribution < 1.29 is 32.3 Å². The first-order valence-electron chi connectivity index (χ1n) is 17.2. The minimum Gasteiger partial charge on any atom is -0.460 e. The van der Waals surface area contributed by atoms with Crippen LogP contribution in [0.3, 0.4) is 0 Å².